The molecule has 20 heavy (non-hydrogen) atoms. The quantitative estimate of drug-likeness (QED) is 0.898. The number of benzene rings is 1. The van der Waals surface area contributed by atoms with E-state index in [1.54, 1.807) is 4.90 Å². The van der Waals surface area contributed by atoms with E-state index in [-0.39, 0.29) is 11.6 Å². The summed E-state index contributed by atoms with van der Waals surface area (Å²) in [5.74, 6) is 0. The van der Waals surface area contributed by atoms with Crippen molar-refractivity contribution in [3.63, 3.8) is 0 Å². The molecule has 1 aliphatic heterocycles. The summed E-state index contributed by atoms with van der Waals surface area (Å²) in [6.07, 6.45) is 3.00. The van der Waals surface area contributed by atoms with Gasteiger partial charge in [-0.1, -0.05) is 30.3 Å². The first kappa shape index (κ1) is 14.9. The summed E-state index contributed by atoms with van der Waals surface area (Å²) in [5.41, 5.74) is 1.34. The predicted octanol–water partition coefficient (Wildman–Crippen LogP) is 2.27. The van der Waals surface area contributed by atoms with Crippen molar-refractivity contribution in [2.75, 3.05) is 34.2 Å². The van der Waals surface area contributed by atoms with E-state index in [2.05, 4.69) is 54.6 Å². The molecule has 4 nitrogen and oxygen atoms in total. The van der Waals surface area contributed by atoms with Crippen LogP contribution in [0.2, 0.25) is 0 Å². The highest BCUT2D eigenvalue weighted by Gasteiger charge is 2.34. The zero-order valence-corrected chi connectivity index (χ0v) is 12.7. The van der Waals surface area contributed by atoms with Gasteiger partial charge < -0.3 is 10.2 Å². The average molecular weight is 275 g/mol. The molecule has 1 aromatic rings. The predicted molar refractivity (Wildman–Crippen MR) is 81.7 cm³/mol. The van der Waals surface area contributed by atoms with Crippen LogP contribution in [-0.2, 0) is 5.54 Å². The van der Waals surface area contributed by atoms with Gasteiger partial charge in [0.2, 0.25) is 0 Å². The third kappa shape index (κ3) is 2.96. The molecule has 1 saturated heterocycles. The Kier molecular flexibility index (Phi) is 4.65. The number of urea groups is 1. The van der Waals surface area contributed by atoms with Gasteiger partial charge in [-0.25, -0.2) is 4.79 Å². The van der Waals surface area contributed by atoms with Crippen molar-refractivity contribution >= 4 is 6.03 Å². The Morgan fingerprint density at radius 3 is 2.55 bits per heavy atom. The van der Waals surface area contributed by atoms with E-state index in [1.807, 2.05) is 7.05 Å². The van der Waals surface area contributed by atoms with Crippen molar-refractivity contribution in [2.45, 2.75) is 24.8 Å². The lowest BCUT2D eigenvalue weighted by Gasteiger charge is -2.40. The van der Waals surface area contributed by atoms with E-state index in [4.69, 9.17) is 0 Å². The SMILES string of the molecule is CN1CCC[C@](c2ccccc2)(N(C)C)CCNC1=O. The Hall–Kier alpha value is -1.55. The lowest BCUT2D eigenvalue weighted by Crippen LogP contribution is -2.44. The molecule has 0 spiro atoms. The van der Waals surface area contributed by atoms with Crippen molar-refractivity contribution < 1.29 is 4.79 Å². The Morgan fingerprint density at radius 2 is 1.90 bits per heavy atom. The fraction of sp³-hybridized carbons (Fsp3) is 0.562. The van der Waals surface area contributed by atoms with Crippen LogP contribution in [0.25, 0.3) is 0 Å². The van der Waals surface area contributed by atoms with E-state index in [1.165, 1.54) is 5.56 Å². The number of amides is 2. The van der Waals surface area contributed by atoms with Crippen molar-refractivity contribution in [3.05, 3.63) is 35.9 Å². The largest absolute Gasteiger partial charge is 0.338 e. The number of hydrogen-bond acceptors (Lipinski definition) is 2. The molecular formula is C16H25N3O. The van der Waals surface area contributed by atoms with Gasteiger partial charge in [0.15, 0.2) is 0 Å². The zero-order chi connectivity index (χ0) is 14.6. The molecule has 0 aliphatic carbocycles. The Morgan fingerprint density at radius 1 is 1.20 bits per heavy atom. The van der Waals surface area contributed by atoms with Gasteiger partial charge in [0.25, 0.3) is 0 Å². The molecule has 2 rings (SSSR count). The average Bonchev–Trinajstić information content (AvgIpc) is 2.52. The molecular weight excluding hydrogens is 250 g/mol. The summed E-state index contributed by atoms with van der Waals surface area (Å²) in [6.45, 7) is 1.50. The van der Waals surface area contributed by atoms with Crippen LogP contribution in [0.15, 0.2) is 30.3 Å². The standard InChI is InChI=1S/C16H25N3O/c1-18(2)16(14-8-5-4-6-9-14)10-7-13-19(3)15(20)17-12-11-16/h4-6,8-9H,7,10-13H2,1-3H3,(H,17,20)/t16-/m0/s1. The molecule has 0 saturated carbocycles. The van der Waals surface area contributed by atoms with E-state index in [9.17, 15) is 4.79 Å². The first-order valence-corrected chi connectivity index (χ1v) is 7.28. The normalized spacial score (nSPS) is 24.8. The minimum absolute atomic E-state index is 0.000278. The first-order valence-electron chi connectivity index (χ1n) is 7.28. The van der Waals surface area contributed by atoms with Crippen LogP contribution in [0.1, 0.15) is 24.8 Å². The monoisotopic (exact) mass is 275 g/mol. The summed E-state index contributed by atoms with van der Waals surface area (Å²) in [4.78, 5) is 15.9. The number of nitrogens with one attached hydrogen (secondary N) is 1. The second kappa shape index (κ2) is 6.27. The maximum absolute atomic E-state index is 11.8. The molecule has 110 valence electrons. The fourth-order valence-corrected chi connectivity index (χ4v) is 3.09. The Bertz CT molecular complexity index is 446. The van der Waals surface area contributed by atoms with Gasteiger partial charge >= 0.3 is 6.03 Å². The van der Waals surface area contributed by atoms with Gasteiger partial charge in [-0.05, 0) is 38.9 Å². The smallest absolute Gasteiger partial charge is 0.317 e. The van der Waals surface area contributed by atoms with E-state index in [0.29, 0.717) is 6.54 Å². The van der Waals surface area contributed by atoms with E-state index >= 15 is 0 Å². The molecule has 1 atom stereocenters. The summed E-state index contributed by atoms with van der Waals surface area (Å²) >= 11 is 0. The van der Waals surface area contributed by atoms with Gasteiger partial charge in [0.05, 0.1) is 0 Å². The van der Waals surface area contributed by atoms with Crippen molar-refractivity contribution in [1.29, 1.82) is 0 Å². The molecule has 1 fully saturated rings. The second-order valence-corrected chi connectivity index (χ2v) is 5.80. The number of rotatable bonds is 2. The highest BCUT2D eigenvalue weighted by molar-refractivity contribution is 5.73. The van der Waals surface area contributed by atoms with Crippen LogP contribution in [0, 0.1) is 0 Å². The van der Waals surface area contributed by atoms with Crippen LogP contribution < -0.4 is 5.32 Å². The molecule has 0 unspecified atom stereocenters. The lowest BCUT2D eigenvalue weighted by molar-refractivity contribution is 0.124. The fourth-order valence-electron chi connectivity index (χ4n) is 3.09. The van der Waals surface area contributed by atoms with Gasteiger partial charge in [0.1, 0.15) is 0 Å². The Balaban J connectivity index is 2.29. The van der Waals surface area contributed by atoms with Crippen LogP contribution in [0.5, 0.6) is 0 Å². The summed E-state index contributed by atoms with van der Waals surface area (Å²) in [7, 11) is 6.13. The van der Waals surface area contributed by atoms with E-state index < -0.39 is 0 Å². The van der Waals surface area contributed by atoms with Crippen LogP contribution in [0.4, 0.5) is 4.79 Å². The number of hydrogen-bond donors (Lipinski definition) is 1. The number of nitrogens with zero attached hydrogens (tertiary/aromatic N) is 2. The maximum Gasteiger partial charge on any atom is 0.317 e. The molecule has 1 heterocycles. The highest BCUT2D eigenvalue weighted by Crippen LogP contribution is 2.35. The molecule has 1 N–H and O–H groups in total. The van der Waals surface area contributed by atoms with Crippen LogP contribution >= 0.6 is 0 Å². The Labute approximate surface area is 121 Å². The van der Waals surface area contributed by atoms with Gasteiger partial charge in [-0.2, -0.15) is 0 Å². The lowest BCUT2D eigenvalue weighted by atomic mass is 9.81. The van der Waals surface area contributed by atoms with Gasteiger partial charge in [0, 0.05) is 25.7 Å². The molecule has 1 aromatic carbocycles. The third-order valence-electron chi connectivity index (χ3n) is 4.41. The van der Waals surface area contributed by atoms with Crippen molar-refractivity contribution in [3.8, 4) is 0 Å². The number of carbonyl (C=O) groups is 1. The number of carbonyl (C=O) groups excluding carboxylic acids is 1. The molecule has 4 heteroatoms. The first-order chi connectivity index (χ1) is 9.56. The van der Waals surface area contributed by atoms with E-state index in [0.717, 1.165) is 25.8 Å². The summed E-state index contributed by atoms with van der Waals surface area (Å²) < 4.78 is 0. The topological polar surface area (TPSA) is 35.6 Å². The second-order valence-electron chi connectivity index (χ2n) is 5.80. The van der Waals surface area contributed by atoms with Crippen molar-refractivity contribution in [1.82, 2.24) is 15.1 Å². The summed E-state index contributed by atoms with van der Waals surface area (Å²) in [5, 5.41) is 3.01. The van der Waals surface area contributed by atoms with Crippen LogP contribution in [0.3, 0.4) is 0 Å². The minimum Gasteiger partial charge on any atom is -0.338 e. The minimum atomic E-state index is -0.000278. The molecule has 0 bridgehead atoms. The zero-order valence-electron chi connectivity index (χ0n) is 12.7. The summed E-state index contributed by atoms with van der Waals surface area (Å²) in [6, 6.07) is 10.7. The third-order valence-corrected chi connectivity index (χ3v) is 4.41. The maximum atomic E-state index is 11.8. The molecule has 0 aromatic heterocycles. The van der Waals surface area contributed by atoms with Gasteiger partial charge in [-0.3, -0.25) is 4.90 Å². The van der Waals surface area contributed by atoms with Crippen LogP contribution in [-0.4, -0.2) is 50.1 Å². The van der Waals surface area contributed by atoms with Gasteiger partial charge in [-0.15, -0.1) is 0 Å². The van der Waals surface area contributed by atoms with Crippen molar-refractivity contribution in [2.24, 2.45) is 0 Å². The molecule has 2 amide bonds. The molecule has 1 aliphatic rings. The molecule has 0 radical (unpaired) electrons. The highest BCUT2D eigenvalue weighted by atomic mass is 16.2.